The van der Waals surface area contributed by atoms with Gasteiger partial charge in [-0.15, -0.1) is 0 Å². The summed E-state index contributed by atoms with van der Waals surface area (Å²) in [5.41, 5.74) is 0.201. The quantitative estimate of drug-likeness (QED) is 0.633. The number of hydrogen-bond donors (Lipinski definition) is 0. The molecule has 0 N–H and O–H groups in total. The van der Waals surface area contributed by atoms with Gasteiger partial charge in [0.15, 0.2) is 5.82 Å². The Morgan fingerprint density at radius 2 is 1.74 bits per heavy atom. The summed E-state index contributed by atoms with van der Waals surface area (Å²) in [6.45, 7) is 3.04. The number of non-ortho nitro benzene ring substituents is 1. The van der Waals surface area contributed by atoms with Crippen molar-refractivity contribution in [2.45, 2.75) is 37.9 Å². The fourth-order valence-electron chi connectivity index (χ4n) is 3.57. The van der Waals surface area contributed by atoms with Gasteiger partial charge in [0, 0.05) is 38.3 Å². The number of likely N-dealkylation sites (tertiary alicyclic amines) is 1. The van der Waals surface area contributed by atoms with Gasteiger partial charge in [0.2, 0.25) is 0 Å². The van der Waals surface area contributed by atoms with Gasteiger partial charge in [-0.05, 0) is 31.7 Å². The lowest BCUT2D eigenvalue weighted by Gasteiger charge is -2.41. The highest BCUT2D eigenvalue weighted by Gasteiger charge is 2.29. The first kappa shape index (κ1) is 16.1. The van der Waals surface area contributed by atoms with E-state index in [2.05, 4.69) is 4.90 Å². The maximum Gasteiger partial charge on any atom is 0.272 e. The molecule has 3 rings (SSSR count). The number of rotatable bonds is 3. The van der Waals surface area contributed by atoms with Crippen molar-refractivity contribution in [2.24, 2.45) is 0 Å². The van der Waals surface area contributed by atoms with Crippen molar-refractivity contribution >= 4 is 11.4 Å². The first-order chi connectivity index (χ1) is 11.0. The molecule has 0 radical (unpaired) electrons. The molecule has 0 unspecified atom stereocenters. The van der Waals surface area contributed by atoms with E-state index in [1.54, 1.807) is 0 Å². The fourth-order valence-corrected chi connectivity index (χ4v) is 3.57. The Kier molecular flexibility index (Phi) is 4.75. The lowest BCUT2D eigenvalue weighted by atomic mass is 9.99. The molecule has 2 heterocycles. The van der Waals surface area contributed by atoms with Crippen LogP contribution in [0.25, 0.3) is 0 Å². The van der Waals surface area contributed by atoms with E-state index in [9.17, 15) is 18.9 Å². The molecule has 5 nitrogen and oxygen atoms in total. The molecule has 0 atom stereocenters. The smallest absolute Gasteiger partial charge is 0.272 e. The van der Waals surface area contributed by atoms with Crippen LogP contribution in [-0.4, -0.2) is 48.2 Å². The molecule has 1 aromatic carbocycles. The van der Waals surface area contributed by atoms with Crippen LogP contribution in [0.5, 0.6) is 0 Å². The third-order valence-electron chi connectivity index (χ3n) is 4.92. The van der Waals surface area contributed by atoms with Crippen LogP contribution in [0.15, 0.2) is 18.2 Å². The highest BCUT2D eigenvalue weighted by atomic mass is 19.1. The van der Waals surface area contributed by atoms with Gasteiger partial charge in [0.1, 0.15) is 6.17 Å². The van der Waals surface area contributed by atoms with E-state index in [1.807, 2.05) is 4.90 Å². The summed E-state index contributed by atoms with van der Waals surface area (Å²) >= 11 is 0. The standard InChI is InChI=1S/C16H21F2N3O2/c17-12-3-7-19(8-4-12)13-5-9-20(10-6-13)16-2-1-14(21(22)23)11-15(16)18/h1-2,11-13H,3-10H2. The molecule has 0 bridgehead atoms. The second kappa shape index (κ2) is 6.78. The zero-order valence-corrected chi connectivity index (χ0v) is 13.0. The largest absolute Gasteiger partial charge is 0.369 e. The molecular weight excluding hydrogens is 304 g/mol. The van der Waals surface area contributed by atoms with Crippen molar-refractivity contribution in [1.29, 1.82) is 0 Å². The van der Waals surface area contributed by atoms with E-state index in [1.165, 1.54) is 12.1 Å². The maximum absolute atomic E-state index is 14.1. The molecule has 2 fully saturated rings. The summed E-state index contributed by atoms with van der Waals surface area (Å²) < 4.78 is 27.3. The van der Waals surface area contributed by atoms with Crippen LogP contribution in [-0.2, 0) is 0 Å². The first-order valence-electron chi connectivity index (χ1n) is 8.11. The van der Waals surface area contributed by atoms with Gasteiger partial charge in [-0.3, -0.25) is 10.1 Å². The van der Waals surface area contributed by atoms with Crippen molar-refractivity contribution in [2.75, 3.05) is 31.1 Å². The van der Waals surface area contributed by atoms with Crippen molar-refractivity contribution in [1.82, 2.24) is 4.90 Å². The van der Waals surface area contributed by atoms with Crippen molar-refractivity contribution in [3.63, 3.8) is 0 Å². The number of anilines is 1. The molecule has 1 aromatic rings. The number of nitrogens with zero attached hydrogens (tertiary/aromatic N) is 3. The molecule has 2 aliphatic heterocycles. The lowest BCUT2D eigenvalue weighted by Crippen LogP contribution is -2.48. The molecule has 0 spiro atoms. The fraction of sp³-hybridized carbons (Fsp3) is 0.625. The summed E-state index contributed by atoms with van der Waals surface area (Å²) in [6.07, 6.45) is 2.37. The molecular formula is C16H21F2N3O2. The average Bonchev–Trinajstić information content (AvgIpc) is 2.56. The second-order valence-corrected chi connectivity index (χ2v) is 6.32. The Morgan fingerprint density at radius 1 is 1.09 bits per heavy atom. The van der Waals surface area contributed by atoms with E-state index in [-0.39, 0.29) is 5.69 Å². The Bertz CT molecular complexity index is 568. The number of alkyl halides is 1. The van der Waals surface area contributed by atoms with Gasteiger partial charge in [-0.1, -0.05) is 0 Å². The molecule has 126 valence electrons. The summed E-state index contributed by atoms with van der Waals surface area (Å²) in [6, 6.07) is 4.24. The molecule has 0 saturated carbocycles. The summed E-state index contributed by atoms with van der Waals surface area (Å²) in [5.74, 6) is -0.545. The Hall–Kier alpha value is -1.76. The van der Waals surface area contributed by atoms with Crippen LogP contribution in [0.2, 0.25) is 0 Å². The van der Waals surface area contributed by atoms with Crippen LogP contribution >= 0.6 is 0 Å². The van der Waals surface area contributed by atoms with E-state index >= 15 is 0 Å². The summed E-state index contributed by atoms with van der Waals surface area (Å²) in [4.78, 5) is 14.4. The van der Waals surface area contributed by atoms with Crippen LogP contribution in [0.4, 0.5) is 20.2 Å². The highest BCUT2D eigenvalue weighted by Crippen LogP contribution is 2.28. The predicted molar refractivity (Wildman–Crippen MR) is 84.0 cm³/mol. The van der Waals surface area contributed by atoms with E-state index in [0.717, 1.165) is 45.1 Å². The van der Waals surface area contributed by atoms with Crippen LogP contribution in [0.3, 0.4) is 0 Å². The Labute approximate surface area is 134 Å². The van der Waals surface area contributed by atoms with Crippen LogP contribution in [0.1, 0.15) is 25.7 Å². The highest BCUT2D eigenvalue weighted by molar-refractivity contribution is 5.52. The van der Waals surface area contributed by atoms with Crippen molar-refractivity contribution < 1.29 is 13.7 Å². The molecule has 2 saturated heterocycles. The van der Waals surface area contributed by atoms with Crippen LogP contribution < -0.4 is 4.90 Å². The monoisotopic (exact) mass is 325 g/mol. The van der Waals surface area contributed by atoms with Gasteiger partial charge in [0.25, 0.3) is 5.69 Å². The number of nitro groups is 1. The first-order valence-corrected chi connectivity index (χ1v) is 8.11. The van der Waals surface area contributed by atoms with Gasteiger partial charge in [0.05, 0.1) is 16.7 Å². The predicted octanol–water partition coefficient (Wildman–Crippen LogP) is 3.14. The summed E-state index contributed by atoms with van der Waals surface area (Å²) in [7, 11) is 0. The minimum absolute atomic E-state index is 0.227. The number of nitro benzene ring substituents is 1. The maximum atomic E-state index is 14.1. The van der Waals surface area contributed by atoms with Gasteiger partial charge >= 0.3 is 0 Å². The van der Waals surface area contributed by atoms with Crippen LogP contribution in [0, 0.1) is 15.9 Å². The number of halogens is 2. The van der Waals surface area contributed by atoms with Gasteiger partial charge < -0.3 is 9.80 Å². The number of hydrogen-bond acceptors (Lipinski definition) is 4. The molecule has 0 aliphatic carbocycles. The second-order valence-electron chi connectivity index (χ2n) is 6.32. The van der Waals surface area contributed by atoms with E-state index in [0.29, 0.717) is 24.6 Å². The Balaban J connectivity index is 1.59. The number of piperidine rings is 2. The van der Waals surface area contributed by atoms with Crippen molar-refractivity contribution in [3.05, 3.63) is 34.1 Å². The minimum Gasteiger partial charge on any atom is -0.369 e. The lowest BCUT2D eigenvalue weighted by molar-refractivity contribution is -0.385. The average molecular weight is 325 g/mol. The molecule has 0 aromatic heterocycles. The minimum atomic E-state index is -0.666. The van der Waals surface area contributed by atoms with E-state index in [4.69, 9.17) is 0 Å². The third kappa shape index (κ3) is 3.60. The van der Waals surface area contributed by atoms with Gasteiger partial charge in [-0.2, -0.15) is 0 Å². The van der Waals surface area contributed by atoms with Gasteiger partial charge in [-0.25, -0.2) is 8.78 Å². The molecule has 2 aliphatic rings. The normalized spacial score (nSPS) is 21.6. The van der Waals surface area contributed by atoms with E-state index < -0.39 is 16.9 Å². The Morgan fingerprint density at radius 3 is 2.30 bits per heavy atom. The summed E-state index contributed by atoms with van der Waals surface area (Å²) in [5, 5.41) is 10.7. The molecule has 0 amide bonds. The van der Waals surface area contributed by atoms with Crippen molar-refractivity contribution in [3.8, 4) is 0 Å². The topological polar surface area (TPSA) is 49.6 Å². The molecule has 7 heteroatoms. The SMILES string of the molecule is O=[N+]([O-])c1ccc(N2CCC(N3CCC(F)CC3)CC2)c(F)c1. The third-order valence-corrected chi connectivity index (χ3v) is 4.92. The zero-order valence-electron chi connectivity index (χ0n) is 13.0. The number of benzene rings is 1. The molecule has 23 heavy (non-hydrogen) atoms. The zero-order chi connectivity index (χ0) is 16.4.